The number of aryl methyl sites for hydroxylation is 2. The maximum absolute atomic E-state index is 11.1. The molecule has 0 spiro atoms. The molecule has 0 aliphatic carbocycles. The molecule has 0 unspecified atom stereocenters. The van der Waals surface area contributed by atoms with E-state index in [0.29, 0.717) is 10.2 Å². The molecule has 0 amide bonds. The van der Waals surface area contributed by atoms with Crippen LogP contribution in [0.2, 0.25) is 0 Å². The van der Waals surface area contributed by atoms with E-state index in [1.54, 1.807) is 0 Å². The Balaban J connectivity index is 2.93. The normalized spacial score (nSPS) is 10.9. The van der Waals surface area contributed by atoms with Gasteiger partial charge in [-0.15, -0.1) is 0 Å². The van der Waals surface area contributed by atoms with Crippen molar-refractivity contribution in [1.82, 2.24) is 4.57 Å². The van der Waals surface area contributed by atoms with Gasteiger partial charge in [-0.2, -0.15) is 0 Å². The lowest BCUT2D eigenvalue weighted by Crippen LogP contribution is -1.96. The summed E-state index contributed by atoms with van der Waals surface area (Å²) in [6, 6.07) is 5.74. The second-order valence-electron chi connectivity index (χ2n) is 3.55. The lowest BCUT2D eigenvalue weighted by atomic mass is 10.1. The summed E-state index contributed by atoms with van der Waals surface area (Å²) >= 11 is 3.30. The summed E-state index contributed by atoms with van der Waals surface area (Å²) in [6.45, 7) is 1.99. The minimum atomic E-state index is -0.906. The molecule has 15 heavy (non-hydrogen) atoms. The summed E-state index contributed by atoms with van der Waals surface area (Å²) in [7, 11) is 1.85. The van der Waals surface area contributed by atoms with Crippen molar-refractivity contribution in [1.29, 1.82) is 0 Å². The van der Waals surface area contributed by atoms with Gasteiger partial charge in [-0.25, -0.2) is 4.79 Å². The lowest BCUT2D eigenvalue weighted by molar-refractivity contribution is 0.0698. The molecule has 0 saturated carbocycles. The summed E-state index contributed by atoms with van der Waals surface area (Å²) < 4.78 is 2.45. The minimum absolute atomic E-state index is 0.326. The van der Waals surface area contributed by atoms with Crippen LogP contribution in [0.25, 0.3) is 10.9 Å². The molecule has 78 valence electrons. The molecular formula is C11H10BrNO2. The molecule has 0 saturated heterocycles. The van der Waals surface area contributed by atoms with E-state index in [-0.39, 0.29) is 0 Å². The maximum atomic E-state index is 11.1. The first kappa shape index (κ1) is 10.2. The number of aromatic nitrogens is 1. The number of rotatable bonds is 1. The van der Waals surface area contributed by atoms with Crippen molar-refractivity contribution >= 4 is 32.8 Å². The van der Waals surface area contributed by atoms with Crippen molar-refractivity contribution in [3.63, 3.8) is 0 Å². The average molecular weight is 268 g/mol. The van der Waals surface area contributed by atoms with Crippen LogP contribution in [0.5, 0.6) is 0 Å². The number of carboxylic acids is 1. The van der Waals surface area contributed by atoms with Crippen LogP contribution in [-0.4, -0.2) is 15.6 Å². The predicted molar refractivity (Wildman–Crippen MR) is 62.3 cm³/mol. The summed E-state index contributed by atoms with van der Waals surface area (Å²) in [5, 5.41) is 9.87. The van der Waals surface area contributed by atoms with E-state index in [0.717, 1.165) is 16.5 Å². The molecule has 4 heteroatoms. The number of halogens is 1. The van der Waals surface area contributed by atoms with Gasteiger partial charge in [0.1, 0.15) is 4.60 Å². The molecule has 0 aliphatic heterocycles. The monoisotopic (exact) mass is 267 g/mol. The Morgan fingerprint density at radius 1 is 1.47 bits per heavy atom. The Morgan fingerprint density at radius 3 is 2.73 bits per heavy atom. The zero-order chi connectivity index (χ0) is 11.2. The second-order valence-corrected chi connectivity index (χ2v) is 4.30. The van der Waals surface area contributed by atoms with E-state index in [2.05, 4.69) is 15.9 Å². The molecule has 2 rings (SSSR count). The molecule has 1 aromatic heterocycles. The Bertz CT molecular complexity index is 557. The van der Waals surface area contributed by atoms with Gasteiger partial charge >= 0.3 is 5.97 Å². The zero-order valence-electron chi connectivity index (χ0n) is 8.41. The number of hydrogen-bond donors (Lipinski definition) is 1. The Morgan fingerprint density at radius 2 is 2.13 bits per heavy atom. The predicted octanol–water partition coefficient (Wildman–Crippen LogP) is 2.95. The van der Waals surface area contributed by atoms with Crippen LogP contribution in [0.3, 0.4) is 0 Å². The van der Waals surface area contributed by atoms with Crippen molar-refractivity contribution in [2.45, 2.75) is 6.92 Å². The zero-order valence-corrected chi connectivity index (χ0v) is 10.00. The van der Waals surface area contributed by atoms with Crippen molar-refractivity contribution < 1.29 is 9.90 Å². The Kier molecular flexibility index (Phi) is 2.31. The van der Waals surface area contributed by atoms with Crippen LogP contribution in [0.4, 0.5) is 0 Å². The summed E-state index contributed by atoms with van der Waals surface area (Å²) in [5.41, 5.74) is 2.37. The first-order valence-electron chi connectivity index (χ1n) is 4.50. The molecule has 2 aromatic rings. The minimum Gasteiger partial charge on any atom is -0.478 e. The number of carboxylic acid groups (broad SMARTS) is 1. The highest BCUT2D eigenvalue weighted by molar-refractivity contribution is 9.10. The van der Waals surface area contributed by atoms with Gasteiger partial charge < -0.3 is 9.67 Å². The summed E-state index contributed by atoms with van der Waals surface area (Å²) in [4.78, 5) is 11.1. The molecule has 0 radical (unpaired) electrons. The number of benzene rings is 1. The first-order chi connectivity index (χ1) is 7.02. The third-order valence-electron chi connectivity index (χ3n) is 2.50. The van der Waals surface area contributed by atoms with E-state index in [4.69, 9.17) is 5.11 Å². The van der Waals surface area contributed by atoms with E-state index in [1.165, 1.54) is 0 Å². The standard InChI is InChI=1S/C11H10BrNO2/c1-6-3-4-7-8(5-6)13(2)10(12)9(7)11(14)15/h3-5H,1-2H3,(H,14,15). The van der Waals surface area contributed by atoms with Gasteiger partial charge in [0.15, 0.2) is 0 Å². The molecule has 0 fully saturated rings. The van der Waals surface area contributed by atoms with Crippen LogP contribution >= 0.6 is 15.9 Å². The lowest BCUT2D eigenvalue weighted by Gasteiger charge is -1.97. The third kappa shape index (κ3) is 1.45. The number of hydrogen-bond acceptors (Lipinski definition) is 1. The fourth-order valence-corrected chi connectivity index (χ4v) is 2.29. The highest BCUT2D eigenvalue weighted by atomic mass is 79.9. The molecule has 0 aliphatic rings. The average Bonchev–Trinajstić information content (AvgIpc) is 2.41. The molecule has 3 nitrogen and oxygen atoms in total. The number of aromatic carboxylic acids is 1. The molecule has 1 heterocycles. The van der Waals surface area contributed by atoms with E-state index in [1.807, 2.05) is 36.7 Å². The number of nitrogens with zero attached hydrogens (tertiary/aromatic N) is 1. The maximum Gasteiger partial charge on any atom is 0.339 e. The molecule has 1 aromatic carbocycles. The van der Waals surface area contributed by atoms with Crippen LogP contribution in [-0.2, 0) is 7.05 Å². The number of fused-ring (bicyclic) bond motifs is 1. The molecular weight excluding hydrogens is 258 g/mol. The summed E-state index contributed by atoms with van der Waals surface area (Å²) in [5.74, 6) is -0.906. The Labute approximate surface area is 95.5 Å². The number of carbonyl (C=O) groups is 1. The largest absolute Gasteiger partial charge is 0.478 e. The van der Waals surface area contributed by atoms with E-state index in [9.17, 15) is 4.79 Å². The smallest absolute Gasteiger partial charge is 0.339 e. The highest BCUT2D eigenvalue weighted by Crippen LogP contribution is 2.29. The molecule has 0 atom stereocenters. The van der Waals surface area contributed by atoms with Crippen LogP contribution in [0.1, 0.15) is 15.9 Å². The highest BCUT2D eigenvalue weighted by Gasteiger charge is 2.18. The molecule has 0 bridgehead atoms. The van der Waals surface area contributed by atoms with Crippen molar-refractivity contribution in [2.24, 2.45) is 7.05 Å². The van der Waals surface area contributed by atoms with Gasteiger partial charge in [-0.05, 0) is 34.5 Å². The molecule has 1 N–H and O–H groups in total. The van der Waals surface area contributed by atoms with Crippen molar-refractivity contribution in [2.75, 3.05) is 0 Å². The fourth-order valence-electron chi connectivity index (χ4n) is 1.72. The Hall–Kier alpha value is -1.29. The van der Waals surface area contributed by atoms with Gasteiger partial charge in [0.25, 0.3) is 0 Å². The van der Waals surface area contributed by atoms with E-state index < -0.39 is 5.97 Å². The second kappa shape index (κ2) is 3.38. The third-order valence-corrected chi connectivity index (χ3v) is 3.43. The van der Waals surface area contributed by atoms with Gasteiger partial charge in [0.05, 0.1) is 5.56 Å². The van der Waals surface area contributed by atoms with Gasteiger partial charge in [0.2, 0.25) is 0 Å². The van der Waals surface area contributed by atoms with Crippen LogP contribution in [0.15, 0.2) is 22.8 Å². The van der Waals surface area contributed by atoms with Crippen molar-refractivity contribution in [3.8, 4) is 0 Å². The SMILES string of the molecule is Cc1ccc2c(C(=O)O)c(Br)n(C)c2c1. The van der Waals surface area contributed by atoms with Crippen LogP contribution < -0.4 is 0 Å². The van der Waals surface area contributed by atoms with Crippen molar-refractivity contribution in [3.05, 3.63) is 33.9 Å². The van der Waals surface area contributed by atoms with Crippen LogP contribution in [0, 0.1) is 6.92 Å². The van der Waals surface area contributed by atoms with Gasteiger partial charge in [-0.1, -0.05) is 12.1 Å². The quantitative estimate of drug-likeness (QED) is 0.863. The topological polar surface area (TPSA) is 42.2 Å². The summed E-state index contributed by atoms with van der Waals surface area (Å²) in [6.07, 6.45) is 0. The van der Waals surface area contributed by atoms with Gasteiger partial charge in [0, 0.05) is 18.0 Å². The van der Waals surface area contributed by atoms with E-state index >= 15 is 0 Å². The van der Waals surface area contributed by atoms with Gasteiger partial charge in [-0.3, -0.25) is 0 Å². The fraction of sp³-hybridized carbons (Fsp3) is 0.182. The first-order valence-corrected chi connectivity index (χ1v) is 5.29.